The molecule has 40 heavy (non-hydrogen) atoms. The molecule has 6 nitrogen and oxygen atoms in total. The maximum atomic E-state index is 4.34. The van der Waals surface area contributed by atoms with Crippen molar-refractivity contribution < 1.29 is 0 Å². The van der Waals surface area contributed by atoms with Gasteiger partial charge in [-0.15, -0.1) is 0 Å². The second kappa shape index (κ2) is 9.51. The Balaban J connectivity index is 1.13. The predicted octanol–water partition coefficient (Wildman–Crippen LogP) is 8.80. The van der Waals surface area contributed by atoms with Crippen LogP contribution < -0.4 is 9.80 Å². The van der Waals surface area contributed by atoms with Gasteiger partial charge in [-0.05, 0) is 59.7 Å². The summed E-state index contributed by atoms with van der Waals surface area (Å²) in [5.41, 5.74) is 9.03. The highest BCUT2D eigenvalue weighted by Crippen LogP contribution is 2.52. The summed E-state index contributed by atoms with van der Waals surface area (Å²) >= 11 is 3.41. The molecule has 2 aromatic carbocycles. The predicted molar refractivity (Wildman–Crippen MR) is 161 cm³/mol. The lowest BCUT2D eigenvalue weighted by atomic mass is 10.0. The maximum Gasteiger partial charge on any atom is 0.0632 e. The van der Waals surface area contributed by atoms with Crippen molar-refractivity contribution in [2.24, 2.45) is 0 Å². The van der Waals surface area contributed by atoms with Crippen LogP contribution in [0.15, 0.2) is 142 Å². The Morgan fingerprint density at radius 1 is 0.375 bits per heavy atom. The normalized spacial score (nSPS) is 13.2. The van der Waals surface area contributed by atoms with E-state index in [9.17, 15) is 0 Å². The Bertz CT molecular complexity index is 1650. The van der Waals surface area contributed by atoms with Gasteiger partial charge in [0.25, 0.3) is 0 Å². The van der Waals surface area contributed by atoms with E-state index in [4.69, 9.17) is 0 Å². The lowest BCUT2D eigenvalue weighted by molar-refractivity contribution is 1.10. The van der Waals surface area contributed by atoms with Gasteiger partial charge in [-0.25, -0.2) is 0 Å². The molecule has 2 aliphatic heterocycles. The highest BCUT2D eigenvalue weighted by Gasteiger charge is 2.26. The monoisotopic (exact) mass is 552 g/mol. The Kier molecular flexibility index (Phi) is 5.53. The van der Waals surface area contributed by atoms with Crippen molar-refractivity contribution >= 4 is 57.6 Å². The van der Waals surface area contributed by atoms with Crippen molar-refractivity contribution in [3.8, 4) is 11.1 Å². The van der Waals surface area contributed by atoms with Crippen LogP contribution in [-0.4, -0.2) is 19.9 Å². The zero-order chi connectivity index (χ0) is 26.5. The number of aromatic nitrogens is 4. The summed E-state index contributed by atoms with van der Waals surface area (Å²) in [6, 6.07) is 25.8. The molecule has 0 N–H and O–H groups in total. The van der Waals surface area contributed by atoms with Crippen LogP contribution in [0.5, 0.6) is 0 Å². The first kappa shape index (κ1) is 23.2. The van der Waals surface area contributed by atoms with Crippen molar-refractivity contribution in [3.05, 3.63) is 122 Å². The molecule has 8 rings (SSSR count). The average molecular weight is 553 g/mol. The SMILES string of the molecule is c1cc2c(cn1)Sc1cnccc1N2c1ccc(-c2ccc(N3c4ccncc4Sc4cnccc43)cc2)cc1. The first-order valence-electron chi connectivity index (χ1n) is 12.8. The summed E-state index contributed by atoms with van der Waals surface area (Å²) in [6.07, 6.45) is 15.1. The van der Waals surface area contributed by atoms with Gasteiger partial charge in [0.15, 0.2) is 0 Å². The van der Waals surface area contributed by atoms with Crippen molar-refractivity contribution in [3.63, 3.8) is 0 Å². The number of hydrogen-bond acceptors (Lipinski definition) is 8. The number of anilines is 6. The molecule has 0 aliphatic carbocycles. The van der Waals surface area contributed by atoms with Gasteiger partial charge >= 0.3 is 0 Å². The molecule has 6 heterocycles. The molecular weight excluding hydrogens is 533 g/mol. The van der Waals surface area contributed by atoms with E-state index in [2.05, 4.69) is 103 Å². The van der Waals surface area contributed by atoms with Crippen LogP contribution in [0.2, 0.25) is 0 Å². The summed E-state index contributed by atoms with van der Waals surface area (Å²) in [4.78, 5) is 26.4. The van der Waals surface area contributed by atoms with Gasteiger partial charge in [-0.3, -0.25) is 19.9 Å². The molecule has 0 atom stereocenters. The number of rotatable bonds is 3. The van der Waals surface area contributed by atoms with E-state index in [0.717, 1.165) is 64.8 Å². The Morgan fingerprint density at radius 2 is 0.675 bits per heavy atom. The van der Waals surface area contributed by atoms with E-state index < -0.39 is 0 Å². The molecule has 190 valence electrons. The van der Waals surface area contributed by atoms with E-state index >= 15 is 0 Å². The number of pyridine rings is 4. The lowest BCUT2D eigenvalue weighted by Gasteiger charge is -2.32. The molecular formula is C32H20N6S2. The Hall–Kier alpha value is -4.66. The van der Waals surface area contributed by atoms with Crippen LogP contribution in [0.3, 0.4) is 0 Å². The highest BCUT2D eigenvalue weighted by molar-refractivity contribution is 8.00. The minimum Gasteiger partial charge on any atom is -0.308 e. The van der Waals surface area contributed by atoms with Gasteiger partial charge in [0.05, 0.1) is 42.3 Å². The fourth-order valence-electron chi connectivity index (χ4n) is 5.20. The van der Waals surface area contributed by atoms with Crippen molar-refractivity contribution in [2.45, 2.75) is 19.6 Å². The van der Waals surface area contributed by atoms with Gasteiger partial charge in [0.1, 0.15) is 0 Å². The third-order valence-corrected chi connectivity index (χ3v) is 9.18. The molecule has 0 unspecified atom stereocenters. The Morgan fingerprint density at radius 3 is 0.975 bits per heavy atom. The molecule has 0 radical (unpaired) electrons. The average Bonchev–Trinajstić information content (AvgIpc) is 3.03. The fraction of sp³-hybridized carbons (Fsp3) is 0. The molecule has 4 aromatic heterocycles. The van der Waals surface area contributed by atoms with Crippen LogP contribution in [0.25, 0.3) is 11.1 Å². The number of nitrogens with zero attached hydrogens (tertiary/aromatic N) is 6. The first-order valence-corrected chi connectivity index (χ1v) is 14.4. The number of hydrogen-bond donors (Lipinski definition) is 0. The smallest absolute Gasteiger partial charge is 0.0632 e. The molecule has 0 saturated heterocycles. The van der Waals surface area contributed by atoms with Gasteiger partial charge in [0.2, 0.25) is 0 Å². The molecule has 0 saturated carbocycles. The summed E-state index contributed by atoms with van der Waals surface area (Å²) < 4.78 is 0. The van der Waals surface area contributed by atoms with Gasteiger partial charge in [-0.2, -0.15) is 0 Å². The number of benzene rings is 2. The third kappa shape index (κ3) is 3.84. The topological polar surface area (TPSA) is 58.0 Å². The summed E-state index contributed by atoms with van der Waals surface area (Å²) in [7, 11) is 0. The van der Waals surface area contributed by atoms with Gasteiger partial charge < -0.3 is 9.80 Å². The second-order valence-electron chi connectivity index (χ2n) is 9.34. The van der Waals surface area contributed by atoms with E-state index in [1.54, 1.807) is 23.5 Å². The molecule has 8 heteroatoms. The zero-order valence-electron chi connectivity index (χ0n) is 21.0. The number of fused-ring (bicyclic) bond motifs is 4. The summed E-state index contributed by atoms with van der Waals surface area (Å²) in [6.45, 7) is 0. The van der Waals surface area contributed by atoms with Crippen molar-refractivity contribution in [1.82, 2.24) is 19.9 Å². The molecule has 0 bridgehead atoms. The minimum absolute atomic E-state index is 1.10. The Labute approximate surface area is 239 Å². The quantitative estimate of drug-likeness (QED) is 0.215. The maximum absolute atomic E-state index is 4.34. The third-order valence-electron chi connectivity index (χ3n) is 7.04. The largest absolute Gasteiger partial charge is 0.308 e. The van der Waals surface area contributed by atoms with E-state index in [1.807, 2.05) is 49.6 Å². The van der Waals surface area contributed by atoms with E-state index in [-0.39, 0.29) is 0 Å². The van der Waals surface area contributed by atoms with Crippen LogP contribution in [0, 0.1) is 0 Å². The highest BCUT2D eigenvalue weighted by atomic mass is 32.2. The van der Waals surface area contributed by atoms with Crippen LogP contribution >= 0.6 is 23.5 Å². The second-order valence-corrected chi connectivity index (χ2v) is 11.5. The molecule has 6 aromatic rings. The van der Waals surface area contributed by atoms with Gasteiger partial charge in [0, 0.05) is 60.9 Å². The first-order chi connectivity index (χ1) is 19.8. The standard InChI is InChI=1S/C32H20N6S2/c1-5-23(37-25-9-13-33-17-29(25)39-30-18-34-14-10-26(30)37)6-2-21(1)22-3-7-24(8-4-22)38-27-11-15-35-19-31(27)40-32-20-36-16-12-28(32)38/h1-20H. The fourth-order valence-corrected chi connectivity index (χ4v) is 7.19. The molecule has 0 amide bonds. The zero-order valence-corrected chi connectivity index (χ0v) is 22.7. The molecule has 0 spiro atoms. The van der Waals surface area contributed by atoms with E-state index in [0.29, 0.717) is 0 Å². The van der Waals surface area contributed by atoms with Crippen LogP contribution in [-0.2, 0) is 0 Å². The van der Waals surface area contributed by atoms with E-state index in [1.165, 1.54) is 0 Å². The van der Waals surface area contributed by atoms with Gasteiger partial charge in [-0.1, -0.05) is 47.8 Å². The molecule has 2 aliphatic rings. The van der Waals surface area contributed by atoms with Crippen LogP contribution in [0.4, 0.5) is 34.1 Å². The minimum atomic E-state index is 1.10. The molecule has 0 fully saturated rings. The van der Waals surface area contributed by atoms with Crippen LogP contribution in [0.1, 0.15) is 0 Å². The van der Waals surface area contributed by atoms with Crippen molar-refractivity contribution in [1.29, 1.82) is 0 Å². The summed E-state index contributed by atoms with van der Waals surface area (Å²) in [5, 5.41) is 0. The lowest BCUT2D eigenvalue weighted by Crippen LogP contribution is -2.15. The van der Waals surface area contributed by atoms with Crippen molar-refractivity contribution in [2.75, 3.05) is 9.80 Å². The summed E-state index contributed by atoms with van der Waals surface area (Å²) in [5.74, 6) is 0.